The van der Waals surface area contributed by atoms with Gasteiger partial charge in [0.1, 0.15) is 22.0 Å². The molecule has 0 aliphatic carbocycles. The van der Waals surface area contributed by atoms with Gasteiger partial charge in [-0.2, -0.15) is 0 Å². The second-order valence-corrected chi connectivity index (χ2v) is 5.09. The smallest absolute Gasteiger partial charge is 0.251 e. The highest BCUT2D eigenvalue weighted by atomic mass is 32.1. The summed E-state index contributed by atoms with van der Waals surface area (Å²) >= 11 is 4.79. The van der Waals surface area contributed by atoms with Crippen LogP contribution in [0.2, 0.25) is 0 Å². The minimum atomic E-state index is -0.882. The Labute approximate surface area is 115 Å². The van der Waals surface area contributed by atoms with E-state index in [1.165, 1.54) is 12.4 Å². The lowest BCUT2D eigenvalue weighted by Gasteiger charge is -2.40. The van der Waals surface area contributed by atoms with Crippen molar-refractivity contribution in [2.45, 2.75) is 19.4 Å². The van der Waals surface area contributed by atoms with Crippen molar-refractivity contribution in [3.8, 4) is 0 Å². The molecule has 0 aromatic carbocycles. The van der Waals surface area contributed by atoms with Gasteiger partial charge in [0.05, 0.1) is 18.9 Å². The predicted octanol–water partition coefficient (Wildman–Crippen LogP) is -0.648. The van der Waals surface area contributed by atoms with E-state index in [1.807, 2.05) is 0 Å². The highest BCUT2D eigenvalue weighted by Gasteiger charge is 2.41. The number of imide groups is 1. The van der Waals surface area contributed by atoms with Crippen LogP contribution in [0.4, 0.5) is 5.82 Å². The quantitative estimate of drug-likeness (QED) is 0.548. The molecule has 1 aromatic heterocycles. The molecule has 19 heavy (non-hydrogen) atoms. The summed E-state index contributed by atoms with van der Waals surface area (Å²) in [5.41, 5.74) is 4.95. The first-order valence-corrected chi connectivity index (χ1v) is 5.97. The molecule has 1 saturated heterocycles. The molecule has 100 valence electrons. The highest BCUT2D eigenvalue weighted by molar-refractivity contribution is 7.80. The maximum Gasteiger partial charge on any atom is 0.251 e. The maximum absolute atomic E-state index is 11.8. The average molecular weight is 279 g/mol. The third kappa shape index (κ3) is 2.39. The van der Waals surface area contributed by atoms with Crippen molar-refractivity contribution < 1.29 is 9.59 Å². The van der Waals surface area contributed by atoms with Crippen molar-refractivity contribution in [3.05, 3.63) is 18.1 Å². The fourth-order valence-electron chi connectivity index (χ4n) is 1.74. The van der Waals surface area contributed by atoms with Crippen LogP contribution in [0.1, 0.15) is 19.5 Å². The first-order chi connectivity index (χ1) is 8.82. The van der Waals surface area contributed by atoms with Crippen LogP contribution in [-0.2, 0) is 9.59 Å². The van der Waals surface area contributed by atoms with Crippen LogP contribution in [0, 0.1) is 0 Å². The van der Waals surface area contributed by atoms with Crippen molar-refractivity contribution in [2.24, 2.45) is 5.73 Å². The fraction of sp³-hybridized carbons (Fsp3) is 0.364. The number of nitrogens with one attached hydrogen (secondary N) is 1. The van der Waals surface area contributed by atoms with Gasteiger partial charge in [0.15, 0.2) is 0 Å². The molecule has 0 spiro atoms. The molecule has 0 unspecified atom stereocenters. The molecule has 0 saturated carbocycles. The number of nitrogens with zero attached hydrogens (tertiary/aromatic N) is 3. The third-order valence-electron chi connectivity index (χ3n) is 2.95. The van der Waals surface area contributed by atoms with Crippen LogP contribution in [-0.4, -0.2) is 38.9 Å². The largest absolute Gasteiger partial charge is 0.388 e. The molecule has 7 nitrogen and oxygen atoms in total. The van der Waals surface area contributed by atoms with E-state index in [-0.39, 0.29) is 23.3 Å². The van der Waals surface area contributed by atoms with Gasteiger partial charge < -0.3 is 10.6 Å². The Bertz CT molecular complexity index is 555. The molecule has 0 radical (unpaired) electrons. The molecule has 1 aliphatic heterocycles. The number of aromatic nitrogens is 2. The number of thiocarbonyl (C=S) groups is 1. The minimum Gasteiger partial charge on any atom is -0.388 e. The summed E-state index contributed by atoms with van der Waals surface area (Å²) in [6.45, 7) is 3.45. The molecule has 1 aliphatic rings. The number of carbonyl (C=O) groups is 2. The van der Waals surface area contributed by atoms with E-state index in [0.29, 0.717) is 11.5 Å². The van der Waals surface area contributed by atoms with Crippen LogP contribution in [0.3, 0.4) is 0 Å². The summed E-state index contributed by atoms with van der Waals surface area (Å²) in [5.74, 6) is -0.318. The fourth-order valence-corrected chi connectivity index (χ4v) is 1.84. The molecule has 0 bridgehead atoms. The maximum atomic E-state index is 11.8. The van der Waals surface area contributed by atoms with E-state index in [2.05, 4.69) is 15.3 Å². The Morgan fingerprint density at radius 1 is 1.42 bits per heavy atom. The molecular weight excluding hydrogens is 266 g/mol. The SMILES string of the molecule is CC1(C)C(=O)NC(=O)CN1c1cnc(C(N)=S)cn1. The number of hydrogen-bond donors (Lipinski definition) is 2. The van der Waals surface area contributed by atoms with E-state index in [4.69, 9.17) is 18.0 Å². The lowest BCUT2D eigenvalue weighted by atomic mass is 9.99. The van der Waals surface area contributed by atoms with Crippen LogP contribution < -0.4 is 16.0 Å². The summed E-state index contributed by atoms with van der Waals surface area (Å²) in [7, 11) is 0. The topological polar surface area (TPSA) is 101 Å². The average Bonchev–Trinajstić information content (AvgIpc) is 2.34. The first-order valence-electron chi connectivity index (χ1n) is 5.56. The van der Waals surface area contributed by atoms with E-state index >= 15 is 0 Å². The Hall–Kier alpha value is -2.09. The van der Waals surface area contributed by atoms with Crippen LogP contribution >= 0.6 is 12.2 Å². The summed E-state index contributed by atoms with van der Waals surface area (Å²) in [5, 5.41) is 2.29. The summed E-state index contributed by atoms with van der Waals surface area (Å²) < 4.78 is 0. The van der Waals surface area contributed by atoms with E-state index in [9.17, 15) is 9.59 Å². The number of amides is 2. The molecule has 0 atom stereocenters. The Morgan fingerprint density at radius 3 is 2.63 bits per heavy atom. The van der Waals surface area contributed by atoms with Gasteiger partial charge in [-0.25, -0.2) is 9.97 Å². The zero-order valence-corrected chi connectivity index (χ0v) is 11.3. The summed E-state index contributed by atoms with van der Waals surface area (Å²) in [6, 6.07) is 0. The molecule has 1 aromatic rings. The monoisotopic (exact) mass is 279 g/mol. The molecule has 2 rings (SSSR count). The van der Waals surface area contributed by atoms with Gasteiger partial charge in [-0.1, -0.05) is 12.2 Å². The van der Waals surface area contributed by atoms with Gasteiger partial charge in [-0.05, 0) is 13.8 Å². The number of hydrogen-bond acceptors (Lipinski definition) is 6. The molecule has 8 heteroatoms. The van der Waals surface area contributed by atoms with Gasteiger partial charge in [-0.15, -0.1) is 0 Å². The van der Waals surface area contributed by atoms with Crippen molar-refractivity contribution >= 4 is 34.8 Å². The zero-order valence-electron chi connectivity index (χ0n) is 10.5. The van der Waals surface area contributed by atoms with Crippen molar-refractivity contribution in [3.63, 3.8) is 0 Å². The third-order valence-corrected chi connectivity index (χ3v) is 3.16. The number of anilines is 1. The zero-order chi connectivity index (χ0) is 14.2. The minimum absolute atomic E-state index is 0.0415. The van der Waals surface area contributed by atoms with Crippen LogP contribution in [0.25, 0.3) is 0 Å². The van der Waals surface area contributed by atoms with Crippen molar-refractivity contribution in [1.29, 1.82) is 0 Å². The van der Waals surface area contributed by atoms with Gasteiger partial charge in [0.25, 0.3) is 5.91 Å². The van der Waals surface area contributed by atoms with Gasteiger partial charge in [0, 0.05) is 0 Å². The summed E-state index contributed by atoms with van der Waals surface area (Å²) in [6.07, 6.45) is 2.87. The molecule has 2 heterocycles. The van der Waals surface area contributed by atoms with E-state index in [0.717, 1.165) is 0 Å². The van der Waals surface area contributed by atoms with Crippen molar-refractivity contribution in [1.82, 2.24) is 15.3 Å². The standard InChI is InChI=1S/C11H13N5O2S/c1-11(2)10(18)15-8(17)5-16(11)7-4-13-6(3-14-7)9(12)19/h3-4H,5H2,1-2H3,(H2,12,19)(H,15,17,18). The number of rotatable bonds is 2. The van der Waals surface area contributed by atoms with E-state index < -0.39 is 5.54 Å². The summed E-state index contributed by atoms with van der Waals surface area (Å²) in [4.78, 5) is 33.2. The van der Waals surface area contributed by atoms with Crippen LogP contribution in [0.15, 0.2) is 12.4 Å². The Morgan fingerprint density at radius 2 is 2.11 bits per heavy atom. The van der Waals surface area contributed by atoms with Crippen LogP contribution in [0.5, 0.6) is 0 Å². The van der Waals surface area contributed by atoms with Gasteiger partial charge in [0.2, 0.25) is 5.91 Å². The number of carbonyl (C=O) groups excluding carboxylic acids is 2. The van der Waals surface area contributed by atoms with Gasteiger partial charge >= 0.3 is 0 Å². The normalized spacial score (nSPS) is 18.1. The lowest BCUT2D eigenvalue weighted by Crippen LogP contribution is -2.64. The molecule has 1 fully saturated rings. The Kier molecular flexibility index (Phi) is 3.19. The number of piperazine rings is 1. The molecular formula is C11H13N5O2S. The number of nitrogens with two attached hydrogens (primary N) is 1. The molecule has 3 N–H and O–H groups in total. The Balaban J connectivity index is 2.36. The second kappa shape index (κ2) is 4.54. The predicted molar refractivity (Wildman–Crippen MR) is 72.5 cm³/mol. The second-order valence-electron chi connectivity index (χ2n) is 4.65. The highest BCUT2D eigenvalue weighted by Crippen LogP contribution is 2.23. The lowest BCUT2D eigenvalue weighted by molar-refractivity contribution is -0.135. The molecule has 2 amide bonds. The first kappa shape index (κ1) is 13.3. The van der Waals surface area contributed by atoms with Gasteiger partial charge in [-0.3, -0.25) is 14.9 Å². The van der Waals surface area contributed by atoms with Crippen molar-refractivity contribution in [2.75, 3.05) is 11.4 Å². The van der Waals surface area contributed by atoms with E-state index in [1.54, 1.807) is 18.7 Å².